The summed E-state index contributed by atoms with van der Waals surface area (Å²) >= 11 is 0. The second-order valence-corrected chi connectivity index (χ2v) is 12.2. The molecule has 0 spiro atoms. The molecule has 0 aliphatic rings. The van der Waals surface area contributed by atoms with Gasteiger partial charge in [0.25, 0.3) is 20.0 Å². The molecule has 2 aromatic carbocycles. The van der Waals surface area contributed by atoms with Gasteiger partial charge in [0.1, 0.15) is 11.5 Å². The Labute approximate surface area is 244 Å². The van der Waals surface area contributed by atoms with Gasteiger partial charge >= 0.3 is 0 Å². The van der Waals surface area contributed by atoms with E-state index in [4.69, 9.17) is 24.8 Å². The zero-order valence-electron chi connectivity index (χ0n) is 23.1. The first-order valence-electron chi connectivity index (χ1n) is 12.6. The first kappa shape index (κ1) is 32.7. The van der Waals surface area contributed by atoms with Gasteiger partial charge in [0, 0.05) is 25.5 Å². The fourth-order valence-electron chi connectivity index (χ4n) is 3.66. The Bertz CT molecular complexity index is 1570. The summed E-state index contributed by atoms with van der Waals surface area (Å²) in [6.45, 7) is 0.618. The quantitative estimate of drug-likeness (QED) is 0.192. The first-order valence-corrected chi connectivity index (χ1v) is 15.6. The molecule has 228 valence electrons. The molecule has 4 rings (SSSR count). The molecule has 0 aliphatic heterocycles. The predicted octanol–water partition coefficient (Wildman–Crippen LogP) is 0.807. The number of aromatic nitrogens is 4. The number of rotatable bonds is 13. The van der Waals surface area contributed by atoms with Crippen LogP contribution in [-0.4, -0.2) is 78.3 Å². The Morgan fingerprint density at radius 3 is 1.48 bits per heavy atom. The number of aliphatic hydroxyl groups is 2. The van der Waals surface area contributed by atoms with E-state index in [-0.39, 0.29) is 49.4 Å². The fourth-order valence-corrected chi connectivity index (χ4v) is 5.47. The Morgan fingerprint density at radius 2 is 1.12 bits per heavy atom. The highest BCUT2D eigenvalue weighted by atomic mass is 32.2. The minimum atomic E-state index is -3.87. The third-order valence-corrected chi connectivity index (χ3v) is 8.31. The second kappa shape index (κ2) is 14.9. The fraction of sp³-hybridized carbons (Fsp3) is 0.308. The van der Waals surface area contributed by atoms with E-state index in [0.717, 1.165) is 11.1 Å². The topological polar surface area (TPSA) is 192 Å². The molecule has 4 N–H and O–H groups in total. The first-order chi connectivity index (χ1) is 20.0. The van der Waals surface area contributed by atoms with Gasteiger partial charge in [-0.1, -0.05) is 24.3 Å². The number of methoxy groups -OCH3 is 2. The average molecular weight is 623 g/mol. The molecule has 2 aromatic heterocycles. The van der Waals surface area contributed by atoms with Crippen molar-refractivity contribution in [1.29, 1.82) is 0 Å². The smallest absolute Gasteiger partial charge is 0.262 e. The van der Waals surface area contributed by atoms with E-state index in [2.05, 4.69) is 10.2 Å². The highest BCUT2D eigenvalue weighted by molar-refractivity contribution is 7.89. The Balaban J connectivity index is 0.000000337. The van der Waals surface area contributed by atoms with Gasteiger partial charge in [-0.3, -0.25) is 9.36 Å². The number of ether oxygens (including phenoxy) is 2. The molecule has 0 radical (unpaired) electrons. The van der Waals surface area contributed by atoms with Gasteiger partial charge < -0.3 is 19.7 Å². The molecule has 14 nitrogen and oxygen atoms in total. The second-order valence-electron chi connectivity index (χ2n) is 8.80. The maximum absolute atomic E-state index is 13.3. The van der Waals surface area contributed by atoms with Crippen molar-refractivity contribution in [2.45, 2.75) is 36.2 Å². The van der Waals surface area contributed by atoms with Crippen molar-refractivity contribution in [2.24, 2.45) is 5.14 Å². The summed E-state index contributed by atoms with van der Waals surface area (Å²) in [5.41, 5.74) is 1.64. The number of aliphatic hydroxyl groups excluding tert-OH is 2. The molecule has 0 aliphatic carbocycles. The summed E-state index contributed by atoms with van der Waals surface area (Å²) in [6.07, 6.45) is 2.98. The molecule has 42 heavy (non-hydrogen) atoms. The lowest BCUT2D eigenvalue weighted by Gasteiger charge is -2.21. The summed E-state index contributed by atoms with van der Waals surface area (Å²) in [6, 6.07) is 17.2. The monoisotopic (exact) mass is 622 g/mol. The predicted molar refractivity (Wildman–Crippen MR) is 152 cm³/mol. The Kier molecular flexibility index (Phi) is 11.6. The Hall–Kier alpha value is -3.80. The molecule has 4 aromatic rings. The third kappa shape index (κ3) is 9.10. The standard InChI is InChI=1S/C21H25N3O5S.C5H9N3O3S/c1-28-19-7-3-17(4-8-19)15-24(16-18-5-9-20(29-2)10-6-18)30(26,27)21-11-12-23(22-21)13-14-25;6-12(10,11)5-1-2-8(7-5)3-4-9/h3-12,25H,13-16H2,1-2H3;1-2,9H,3-4H2,(H2,6,10,11). The lowest BCUT2D eigenvalue weighted by Crippen LogP contribution is -2.30. The minimum Gasteiger partial charge on any atom is -0.497 e. The zero-order valence-corrected chi connectivity index (χ0v) is 24.8. The van der Waals surface area contributed by atoms with E-state index in [1.165, 1.54) is 32.0 Å². The van der Waals surface area contributed by atoms with Crippen LogP contribution in [0.3, 0.4) is 0 Å². The lowest BCUT2D eigenvalue weighted by atomic mass is 10.2. The van der Waals surface area contributed by atoms with Crippen LogP contribution in [0.25, 0.3) is 0 Å². The van der Waals surface area contributed by atoms with Gasteiger partial charge in [-0.2, -0.15) is 14.5 Å². The minimum absolute atomic E-state index is 0.0574. The van der Waals surface area contributed by atoms with E-state index >= 15 is 0 Å². The summed E-state index contributed by atoms with van der Waals surface area (Å²) in [4.78, 5) is 0. The van der Waals surface area contributed by atoms with Gasteiger partial charge in [-0.25, -0.2) is 22.0 Å². The molecule has 0 fully saturated rings. The largest absolute Gasteiger partial charge is 0.497 e. The van der Waals surface area contributed by atoms with Gasteiger partial charge in [0.15, 0.2) is 10.1 Å². The maximum atomic E-state index is 13.3. The van der Waals surface area contributed by atoms with Gasteiger partial charge in [-0.15, -0.1) is 0 Å². The van der Waals surface area contributed by atoms with E-state index in [9.17, 15) is 16.8 Å². The number of nitrogens with two attached hydrogens (primary N) is 1. The molecule has 0 bridgehead atoms. The van der Waals surface area contributed by atoms with E-state index in [0.29, 0.717) is 11.5 Å². The number of hydrogen-bond donors (Lipinski definition) is 3. The number of nitrogens with zero attached hydrogens (tertiary/aromatic N) is 5. The molecule has 0 saturated heterocycles. The number of benzene rings is 2. The van der Waals surface area contributed by atoms with E-state index in [1.807, 2.05) is 24.3 Å². The summed E-state index contributed by atoms with van der Waals surface area (Å²) in [5.74, 6) is 1.40. The molecule has 0 unspecified atom stereocenters. The molecular weight excluding hydrogens is 588 g/mol. The van der Waals surface area contributed by atoms with Crippen molar-refractivity contribution >= 4 is 20.0 Å². The Morgan fingerprint density at radius 1 is 0.714 bits per heavy atom. The van der Waals surface area contributed by atoms with Crippen molar-refractivity contribution in [2.75, 3.05) is 27.4 Å². The van der Waals surface area contributed by atoms with Crippen LogP contribution in [0.1, 0.15) is 11.1 Å². The number of hydrogen-bond acceptors (Lipinski definition) is 10. The van der Waals surface area contributed by atoms with E-state index in [1.54, 1.807) is 44.7 Å². The van der Waals surface area contributed by atoms with Crippen LogP contribution in [-0.2, 0) is 46.2 Å². The van der Waals surface area contributed by atoms with Crippen molar-refractivity contribution in [1.82, 2.24) is 23.9 Å². The summed E-state index contributed by atoms with van der Waals surface area (Å²) < 4.78 is 62.5. The van der Waals surface area contributed by atoms with Gasteiger partial charge in [-0.05, 0) is 47.5 Å². The average Bonchev–Trinajstić information content (AvgIpc) is 3.65. The van der Waals surface area contributed by atoms with Crippen LogP contribution in [0.5, 0.6) is 11.5 Å². The van der Waals surface area contributed by atoms with Gasteiger partial charge in [0.2, 0.25) is 0 Å². The number of sulfonamides is 2. The number of primary sulfonamides is 1. The summed E-state index contributed by atoms with van der Waals surface area (Å²) in [5, 5.41) is 29.9. The maximum Gasteiger partial charge on any atom is 0.262 e. The van der Waals surface area contributed by atoms with Crippen LogP contribution in [0.15, 0.2) is 83.1 Å². The normalized spacial score (nSPS) is 11.7. The van der Waals surface area contributed by atoms with Crippen LogP contribution in [0.2, 0.25) is 0 Å². The third-order valence-electron chi connectivity index (χ3n) is 5.82. The molecule has 16 heteroatoms. The van der Waals surface area contributed by atoms with Crippen LogP contribution in [0.4, 0.5) is 0 Å². The zero-order chi connectivity index (χ0) is 30.8. The van der Waals surface area contributed by atoms with Crippen LogP contribution < -0.4 is 14.6 Å². The highest BCUT2D eigenvalue weighted by Gasteiger charge is 2.27. The van der Waals surface area contributed by atoms with Crippen molar-refractivity contribution in [3.8, 4) is 11.5 Å². The lowest BCUT2D eigenvalue weighted by molar-refractivity contribution is 0.268. The SMILES string of the molecule is COc1ccc(CN(Cc2ccc(OC)cc2)S(=O)(=O)c2ccn(CCO)n2)cc1.NS(=O)(=O)c1ccn(CCO)n1. The highest BCUT2D eigenvalue weighted by Crippen LogP contribution is 2.22. The van der Waals surface area contributed by atoms with Gasteiger partial charge in [0.05, 0.1) is 40.5 Å². The molecule has 0 amide bonds. The van der Waals surface area contributed by atoms with Crippen molar-refractivity contribution in [3.05, 3.63) is 84.2 Å². The molecule has 0 saturated carbocycles. The molecule has 2 heterocycles. The molecular formula is C26H34N6O8S2. The van der Waals surface area contributed by atoms with Crippen molar-refractivity contribution in [3.63, 3.8) is 0 Å². The van der Waals surface area contributed by atoms with E-state index < -0.39 is 20.0 Å². The summed E-state index contributed by atoms with van der Waals surface area (Å²) in [7, 11) is -4.42. The van der Waals surface area contributed by atoms with Crippen molar-refractivity contribution < 1.29 is 36.5 Å². The van der Waals surface area contributed by atoms with Crippen LogP contribution >= 0.6 is 0 Å². The van der Waals surface area contributed by atoms with Crippen LogP contribution in [0, 0.1) is 0 Å². The molecule has 0 atom stereocenters.